The molecule has 1 unspecified atom stereocenters. The van der Waals surface area contributed by atoms with Gasteiger partial charge in [-0.15, -0.1) is 0 Å². The summed E-state index contributed by atoms with van der Waals surface area (Å²) in [6, 6.07) is 16.0. The number of nitrogens with one attached hydrogen (secondary N) is 2. The summed E-state index contributed by atoms with van der Waals surface area (Å²) in [4.78, 5) is 32.9. The van der Waals surface area contributed by atoms with E-state index in [-0.39, 0.29) is 13.0 Å². The summed E-state index contributed by atoms with van der Waals surface area (Å²) in [5.74, 6) is -1.32. The third-order valence-electron chi connectivity index (χ3n) is 3.37. The summed E-state index contributed by atoms with van der Waals surface area (Å²) in [5, 5.41) is 13.1. The summed E-state index contributed by atoms with van der Waals surface area (Å²) in [6.45, 7) is -0.0843. The summed E-state index contributed by atoms with van der Waals surface area (Å²) in [5.41, 5.74) is 1.37. The van der Waals surface area contributed by atoms with Crippen molar-refractivity contribution < 1.29 is 28.9 Å². The van der Waals surface area contributed by atoms with E-state index in [0.717, 1.165) is 0 Å². The normalized spacial score (nSPS) is 14.0. The van der Waals surface area contributed by atoms with Crippen molar-refractivity contribution in [3.8, 4) is 0 Å². The number of hydrogen-bond donors (Lipinski definition) is 4. The van der Waals surface area contributed by atoms with Gasteiger partial charge in [0.2, 0.25) is 0 Å². The smallest absolute Gasteiger partial charge is 0.415 e. The van der Waals surface area contributed by atoms with Crippen molar-refractivity contribution in [3.63, 3.8) is 0 Å². The third-order valence-corrected chi connectivity index (χ3v) is 4.51. The molecule has 0 aliphatic rings. The maximum atomic E-state index is 12.1. The minimum absolute atomic E-state index is 0.0263. The average Bonchev–Trinajstić information content (AvgIpc) is 2.60. The Morgan fingerprint density at radius 2 is 1.54 bits per heavy atom. The zero-order chi connectivity index (χ0) is 19.0. The molecule has 0 heterocycles. The highest BCUT2D eigenvalue weighted by Crippen LogP contribution is 2.31. The van der Waals surface area contributed by atoms with Gasteiger partial charge in [-0.25, -0.2) is 19.5 Å². The molecule has 0 aromatic heterocycles. The SMILES string of the molecule is O=C(NP(=O)(O)N[C@@H](Cc1ccccc1)C(=O)O)OCc1ccccc1. The quantitative estimate of drug-likeness (QED) is 0.520. The fraction of sp³-hybridized carbons (Fsp3) is 0.176. The van der Waals surface area contributed by atoms with Crippen molar-refractivity contribution in [1.29, 1.82) is 0 Å². The van der Waals surface area contributed by atoms with Crippen LogP contribution in [-0.4, -0.2) is 28.1 Å². The van der Waals surface area contributed by atoms with Gasteiger partial charge in [0.25, 0.3) is 0 Å². The number of ether oxygens (including phenoxy) is 1. The van der Waals surface area contributed by atoms with E-state index in [0.29, 0.717) is 11.1 Å². The highest BCUT2D eigenvalue weighted by atomic mass is 31.2. The summed E-state index contributed by atoms with van der Waals surface area (Å²) < 4.78 is 17.0. The molecule has 8 nitrogen and oxygen atoms in total. The summed E-state index contributed by atoms with van der Waals surface area (Å²) in [7, 11) is -4.47. The molecule has 0 saturated heterocycles. The van der Waals surface area contributed by atoms with Gasteiger partial charge in [-0.05, 0) is 17.5 Å². The van der Waals surface area contributed by atoms with E-state index in [1.165, 1.54) is 0 Å². The molecule has 2 atom stereocenters. The van der Waals surface area contributed by atoms with Crippen LogP contribution in [0.5, 0.6) is 0 Å². The first-order valence-electron chi connectivity index (χ1n) is 7.72. The second-order valence-electron chi connectivity index (χ2n) is 5.46. The molecular weight excluding hydrogens is 359 g/mol. The molecule has 0 aliphatic heterocycles. The molecule has 138 valence electrons. The van der Waals surface area contributed by atoms with Gasteiger partial charge in [0.15, 0.2) is 0 Å². The Morgan fingerprint density at radius 1 is 1.00 bits per heavy atom. The largest absolute Gasteiger partial charge is 0.480 e. The standard InChI is InChI=1S/C17H19N2O6P/c20-16(21)15(11-13-7-3-1-4-8-13)18-26(23,24)19-17(22)25-12-14-9-5-2-6-10-14/h1-10,15H,11-12H2,(H,20,21)(H3,18,19,22,23,24)/t15-/m0/s1. The van der Waals surface area contributed by atoms with E-state index in [9.17, 15) is 24.2 Å². The van der Waals surface area contributed by atoms with E-state index in [1.807, 2.05) is 0 Å². The molecule has 0 saturated carbocycles. The molecule has 0 radical (unpaired) electrons. The predicted molar refractivity (Wildman–Crippen MR) is 94.3 cm³/mol. The molecule has 0 bridgehead atoms. The number of carbonyl (C=O) groups is 2. The van der Waals surface area contributed by atoms with Crippen molar-refractivity contribution in [3.05, 3.63) is 71.8 Å². The summed E-state index contributed by atoms with van der Waals surface area (Å²) >= 11 is 0. The highest BCUT2D eigenvalue weighted by Gasteiger charge is 2.30. The molecular formula is C17H19N2O6P. The van der Waals surface area contributed by atoms with Crippen LogP contribution in [-0.2, 0) is 27.1 Å². The minimum Gasteiger partial charge on any atom is -0.480 e. The minimum atomic E-state index is -4.47. The molecule has 2 aromatic carbocycles. The van der Waals surface area contributed by atoms with Gasteiger partial charge in [0.1, 0.15) is 12.6 Å². The lowest BCUT2D eigenvalue weighted by Gasteiger charge is -2.19. The van der Waals surface area contributed by atoms with Crippen molar-refractivity contribution in [2.45, 2.75) is 19.1 Å². The monoisotopic (exact) mass is 378 g/mol. The van der Waals surface area contributed by atoms with Crippen molar-refractivity contribution in [2.75, 3.05) is 0 Å². The van der Waals surface area contributed by atoms with Crippen molar-refractivity contribution in [1.82, 2.24) is 10.2 Å². The molecule has 9 heteroatoms. The Balaban J connectivity index is 1.91. The Kier molecular flexibility index (Phi) is 6.91. The third kappa shape index (κ3) is 6.68. The van der Waals surface area contributed by atoms with Gasteiger partial charge in [0.05, 0.1) is 0 Å². The highest BCUT2D eigenvalue weighted by molar-refractivity contribution is 7.54. The number of hydrogen-bond acceptors (Lipinski definition) is 4. The van der Waals surface area contributed by atoms with Crippen LogP contribution in [0.3, 0.4) is 0 Å². The summed E-state index contributed by atoms with van der Waals surface area (Å²) in [6.07, 6.45) is -1.15. The van der Waals surface area contributed by atoms with Gasteiger partial charge in [0, 0.05) is 0 Å². The van der Waals surface area contributed by atoms with Crippen LogP contribution in [0.15, 0.2) is 60.7 Å². The Bertz CT molecular complexity index is 784. The Morgan fingerprint density at radius 3 is 2.08 bits per heavy atom. The van der Waals surface area contributed by atoms with E-state index in [1.54, 1.807) is 65.8 Å². The number of carboxylic acids is 1. The van der Waals surface area contributed by atoms with Crippen LogP contribution >= 0.6 is 7.67 Å². The zero-order valence-corrected chi connectivity index (χ0v) is 14.6. The Hall–Kier alpha value is -2.67. The topological polar surface area (TPSA) is 125 Å². The van der Waals surface area contributed by atoms with Gasteiger partial charge < -0.3 is 14.7 Å². The molecule has 2 aromatic rings. The van der Waals surface area contributed by atoms with E-state index < -0.39 is 25.8 Å². The fourth-order valence-corrected chi connectivity index (χ4v) is 3.16. The van der Waals surface area contributed by atoms with Crippen LogP contribution in [0.2, 0.25) is 0 Å². The van der Waals surface area contributed by atoms with Crippen LogP contribution in [0.1, 0.15) is 11.1 Å². The number of benzene rings is 2. The number of carboxylic acid groups (broad SMARTS) is 1. The molecule has 0 spiro atoms. The Labute approximate surface area is 150 Å². The molecule has 26 heavy (non-hydrogen) atoms. The van der Waals surface area contributed by atoms with E-state index in [4.69, 9.17) is 4.74 Å². The van der Waals surface area contributed by atoms with Gasteiger partial charge in [-0.2, -0.15) is 0 Å². The predicted octanol–water partition coefficient (Wildman–Crippen LogP) is 2.30. The zero-order valence-electron chi connectivity index (χ0n) is 13.7. The fourth-order valence-electron chi connectivity index (χ4n) is 2.16. The van der Waals surface area contributed by atoms with Crippen LogP contribution < -0.4 is 10.2 Å². The van der Waals surface area contributed by atoms with Crippen molar-refractivity contribution >= 4 is 19.7 Å². The average molecular weight is 378 g/mol. The lowest BCUT2D eigenvalue weighted by atomic mass is 10.1. The number of rotatable bonds is 8. The lowest BCUT2D eigenvalue weighted by Crippen LogP contribution is -2.40. The molecule has 4 N–H and O–H groups in total. The first-order chi connectivity index (χ1) is 12.4. The molecule has 0 fully saturated rings. The first kappa shape index (κ1) is 19.7. The van der Waals surface area contributed by atoms with Crippen LogP contribution in [0, 0.1) is 0 Å². The van der Waals surface area contributed by atoms with Gasteiger partial charge in [-0.1, -0.05) is 60.7 Å². The molecule has 0 aliphatic carbocycles. The molecule has 1 amide bonds. The van der Waals surface area contributed by atoms with E-state index in [2.05, 4.69) is 5.09 Å². The van der Waals surface area contributed by atoms with Gasteiger partial charge in [-0.3, -0.25) is 4.79 Å². The number of amides is 1. The second-order valence-corrected chi connectivity index (χ2v) is 7.09. The molecule has 2 rings (SSSR count). The first-order valence-corrected chi connectivity index (χ1v) is 9.38. The van der Waals surface area contributed by atoms with Crippen LogP contribution in [0.4, 0.5) is 4.79 Å². The maximum Gasteiger partial charge on any atom is 0.415 e. The van der Waals surface area contributed by atoms with Crippen molar-refractivity contribution in [2.24, 2.45) is 0 Å². The lowest BCUT2D eigenvalue weighted by molar-refractivity contribution is -0.139. The maximum absolute atomic E-state index is 12.1. The number of carbonyl (C=O) groups excluding carboxylic acids is 1. The van der Waals surface area contributed by atoms with E-state index >= 15 is 0 Å². The second kappa shape index (κ2) is 9.15. The van der Waals surface area contributed by atoms with Gasteiger partial charge >= 0.3 is 19.7 Å². The van der Waals surface area contributed by atoms with Crippen LogP contribution in [0.25, 0.3) is 0 Å². The number of aliphatic carboxylic acids is 1.